The fourth-order valence-corrected chi connectivity index (χ4v) is 4.11. The minimum absolute atomic E-state index is 0.0785. The maximum absolute atomic E-state index is 13.4. The van der Waals surface area contributed by atoms with Gasteiger partial charge in [0.15, 0.2) is 0 Å². The molecule has 170 valence electrons. The monoisotopic (exact) mass is 441 g/mol. The number of rotatable bonds is 7. The summed E-state index contributed by atoms with van der Waals surface area (Å²) in [7, 11) is 0. The van der Waals surface area contributed by atoms with Gasteiger partial charge in [0.25, 0.3) is 0 Å². The Labute approximate surface area is 187 Å². The van der Waals surface area contributed by atoms with Crippen molar-refractivity contribution < 1.29 is 23.5 Å². The lowest BCUT2D eigenvalue weighted by atomic mass is 10.0. The van der Waals surface area contributed by atoms with E-state index < -0.39 is 0 Å². The number of carbonyl (C=O) groups is 2. The zero-order valence-corrected chi connectivity index (χ0v) is 18.0. The molecule has 2 aliphatic heterocycles. The Morgan fingerprint density at radius 1 is 0.969 bits per heavy atom. The molecule has 2 aromatic rings. The first-order valence-electron chi connectivity index (χ1n) is 11.0. The van der Waals surface area contributed by atoms with Crippen molar-refractivity contribution in [1.29, 1.82) is 0 Å². The van der Waals surface area contributed by atoms with Gasteiger partial charge in [0.05, 0.1) is 31.5 Å². The summed E-state index contributed by atoms with van der Waals surface area (Å²) in [6.45, 7) is 4.04. The summed E-state index contributed by atoms with van der Waals surface area (Å²) in [6, 6.07) is 13.7. The summed E-state index contributed by atoms with van der Waals surface area (Å²) in [5.74, 6) is 0.116. The Balaban J connectivity index is 1.32. The molecule has 2 amide bonds. The van der Waals surface area contributed by atoms with Crippen LogP contribution in [0.15, 0.2) is 48.5 Å². The highest BCUT2D eigenvalue weighted by molar-refractivity contribution is 5.97. The number of halogens is 1. The van der Waals surface area contributed by atoms with Crippen LogP contribution in [0.3, 0.4) is 0 Å². The maximum atomic E-state index is 13.4. The summed E-state index contributed by atoms with van der Waals surface area (Å²) in [5, 5.41) is 2.96. The number of para-hydroxylation sites is 2. The minimum atomic E-state index is -0.290. The Bertz CT molecular complexity index is 931. The normalized spacial score (nSPS) is 17.2. The van der Waals surface area contributed by atoms with Crippen molar-refractivity contribution in [3.8, 4) is 5.75 Å². The van der Waals surface area contributed by atoms with Gasteiger partial charge in [-0.1, -0.05) is 24.3 Å². The first-order valence-corrected chi connectivity index (χ1v) is 11.0. The minimum Gasteiger partial charge on any atom is -0.490 e. The van der Waals surface area contributed by atoms with Crippen molar-refractivity contribution in [1.82, 2.24) is 10.2 Å². The van der Waals surface area contributed by atoms with Crippen LogP contribution in [0.5, 0.6) is 5.75 Å². The second kappa shape index (κ2) is 10.6. The van der Waals surface area contributed by atoms with E-state index in [1.54, 1.807) is 17.0 Å². The van der Waals surface area contributed by atoms with Gasteiger partial charge >= 0.3 is 0 Å². The third-order valence-corrected chi connectivity index (χ3v) is 5.83. The van der Waals surface area contributed by atoms with Gasteiger partial charge in [-0.2, -0.15) is 0 Å². The van der Waals surface area contributed by atoms with Crippen molar-refractivity contribution in [2.24, 2.45) is 0 Å². The highest BCUT2D eigenvalue weighted by Crippen LogP contribution is 2.31. The molecule has 0 spiro atoms. The van der Waals surface area contributed by atoms with Gasteiger partial charge in [-0.15, -0.1) is 0 Å². The van der Waals surface area contributed by atoms with Gasteiger partial charge in [0, 0.05) is 32.5 Å². The molecule has 1 N–H and O–H groups in total. The zero-order chi connectivity index (χ0) is 22.3. The smallest absolute Gasteiger partial charge is 0.227 e. The van der Waals surface area contributed by atoms with E-state index in [9.17, 15) is 14.0 Å². The number of carbonyl (C=O) groups excluding carboxylic acids is 2. The number of nitrogens with zero attached hydrogens (tertiary/aromatic N) is 2. The topological polar surface area (TPSA) is 71.1 Å². The Morgan fingerprint density at radius 3 is 2.50 bits per heavy atom. The van der Waals surface area contributed by atoms with Crippen LogP contribution in [0.25, 0.3) is 0 Å². The maximum Gasteiger partial charge on any atom is 0.227 e. The number of ether oxygens (including phenoxy) is 2. The van der Waals surface area contributed by atoms with E-state index in [1.165, 1.54) is 12.1 Å². The molecule has 0 bridgehead atoms. The summed E-state index contributed by atoms with van der Waals surface area (Å²) in [6.07, 6.45) is 0.233. The molecule has 0 aromatic heterocycles. The van der Waals surface area contributed by atoms with Gasteiger partial charge in [-0.05, 0) is 29.8 Å². The van der Waals surface area contributed by atoms with E-state index in [0.29, 0.717) is 38.7 Å². The molecule has 1 fully saturated rings. The molecular weight excluding hydrogens is 413 g/mol. The van der Waals surface area contributed by atoms with E-state index in [-0.39, 0.29) is 36.5 Å². The number of benzene rings is 2. The molecule has 32 heavy (non-hydrogen) atoms. The highest BCUT2D eigenvalue weighted by Gasteiger charge is 2.25. The second-order valence-corrected chi connectivity index (χ2v) is 7.88. The molecule has 2 aromatic carbocycles. The van der Waals surface area contributed by atoms with Gasteiger partial charge in [-0.25, -0.2) is 4.39 Å². The van der Waals surface area contributed by atoms with Crippen LogP contribution < -0.4 is 15.0 Å². The average molecular weight is 442 g/mol. The second-order valence-electron chi connectivity index (χ2n) is 7.88. The first kappa shape index (κ1) is 22.2. The molecule has 2 aliphatic rings. The fraction of sp³-hybridized carbons (Fsp3) is 0.417. The molecule has 1 unspecified atom stereocenters. The molecule has 7 nitrogen and oxygen atoms in total. The van der Waals surface area contributed by atoms with Crippen molar-refractivity contribution in [2.75, 3.05) is 50.9 Å². The molecule has 2 heterocycles. The van der Waals surface area contributed by atoms with Crippen LogP contribution in [0.2, 0.25) is 0 Å². The standard InChI is InChI=1S/C24H28FN3O4/c25-19-7-5-18(6-8-19)21(27-11-14-31-15-12-27)17-26-23(29)9-10-24(30)28-13-16-32-22-4-2-1-3-20(22)28/h1-8,21H,9-17H2,(H,26,29). The first-order chi connectivity index (χ1) is 15.6. The van der Waals surface area contributed by atoms with Crippen LogP contribution in [-0.2, 0) is 14.3 Å². The Kier molecular flexibility index (Phi) is 7.34. The number of hydrogen-bond acceptors (Lipinski definition) is 5. The number of morpholine rings is 1. The van der Waals surface area contributed by atoms with E-state index in [1.807, 2.05) is 24.3 Å². The zero-order valence-electron chi connectivity index (χ0n) is 18.0. The fourth-order valence-electron chi connectivity index (χ4n) is 4.11. The summed E-state index contributed by atoms with van der Waals surface area (Å²) >= 11 is 0. The molecule has 1 saturated heterocycles. The lowest BCUT2D eigenvalue weighted by molar-refractivity contribution is -0.125. The molecule has 8 heteroatoms. The Morgan fingerprint density at radius 2 is 1.72 bits per heavy atom. The van der Waals surface area contributed by atoms with Gasteiger partial charge < -0.3 is 19.7 Å². The van der Waals surface area contributed by atoms with Crippen molar-refractivity contribution in [3.63, 3.8) is 0 Å². The molecule has 0 aliphatic carbocycles. The third kappa shape index (κ3) is 5.44. The van der Waals surface area contributed by atoms with Crippen LogP contribution in [0, 0.1) is 5.82 Å². The lowest BCUT2D eigenvalue weighted by Crippen LogP contribution is -2.44. The average Bonchev–Trinajstić information content (AvgIpc) is 2.84. The predicted molar refractivity (Wildman–Crippen MR) is 118 cm³/mol. The summed E-state index contributed by atoms with van der Waals surface area (Å²) in [5.41, 5.74) is 1.68. The van der Waals surface area contributed by atoms with E-state index in [2.05, 4.69) is 10.2 Å². The number of hydrogen-bond donors (Lipinski definition) is 1. The molecule has 1 atom stereocenters. The van der Waals surface area contributed by atoms with Crippen molar-refractivity contribution in [2.45, 2.75) is 18.9 Å². The number of nitrogens with one attached hydrogen (secondary N) is 1. The largest absolute Gasteiger partial charge is 0.490 e. The van der Waals surface area contributed by atoms with Gasteiger partial charge in [0.1, 0.15) is 18.2 Å². The SMILES string of the molecule is O=C(CCC(=O)N1CCOc2ccccc21)NCC(c1ccc(F)cc1)N1CCOCC1. The van der Waals surface area contributed by atoms with E-state index >= 15 is 0 Å². The number of fused-ring (bicyclic) bond motifs is 1. The van der Waals surface area contributed by atoms with E-state index in [0.717, 1.165) is 24.3 Å². The number of amides is 2. The van der Waals surface area contributed by atoms with Crippen LogP contribution in [0.4, 0.5) is 10.1 Å². The molecular formula is C24H28FN3O4. The van der Waals surface area contributed by atoms with E-state index in [4.69, 9.17) is 9.47 Å². The highest BCUT2D eigenvalue weighted by atomic mass is 19.1. The van der Waals surface area contributed by atoms with Crippen molar-refractivity contribution in [3.05, 3.63) is 59.9 Å². The van der Waals surface area contributed by atoms with Crippen LogP contribution >= 0.6 is 0 Å². The quantitative estimate of drug-likeness (QED) is 0.715. The molecule has 4 rings (SSSR count). The lowest BCUT2D eigenvalue weighted by Gasteiger charge is -2.35. The third-order valence-electron chi connectivity index (χ3n) is 5.83. The van der Waals surface area contributed by atoms with Crippen molar-refractivity contribution >= 4 is 17.5 Å². The van der Waals surface area contributed by atoms with Gasteiger partial charge in [-0.3, -0.25) is 14.5 Å². The molecule has 0 saturated carbocycles. The molecule has 0 radical (unpaired) electrons. The predicted octanol–water partition coefficient (Wildman–Crippen LogP) is 2.52. The Hall–Kier alpha value is -2.97. The van der Waals surface area contributed by atoms with Crippen LogP contribution in [0.1, 0.15) is 24.4 Å². The summed E-state index contributed by atoms with van der Waals surface area (Å²) < 4.78 is 24.4. The summed E-state index contributed by atoms with van der Waals surface area (Å²) in [4.78, 5) is 29.2. The van der Waals surface area contributed by atoms with Gasteiger partial charge in [0.2, 0.25) is 11.8 Å². The number of anilines is 1. The van der Waals surface area contributed by atoms with Crippen LogP contribution in [-0.4, -0.2) is 62.7 Å².